The van der Waals surface area contributed by atoms with Crippen molar-refractivity contribution in [3.05, 3.63) is 58.9 Å². The summed E-state index contributed by atoms with van der Waals surface area (Å²) in [6.45, 7) is 12.0. The van der Waals surface area contributed by atoms with E-state index in [1.807, 2.05) is 36.6 Å². The molecular formula is C24H30F3N3O. The van der Waals surface area contributed by atoms with Crippen LogP contribution in [-0.4, -0.2) is 34.1 Å². The molecular weight excluding hydrogens is 403 g/mol. The molecule has 0 radical (unpaired) electrons. The zero-order valence-electron chi connectivity index (χ0n) is 18.6. The van der Waals surface area contributed by atoms with E-state index in [9.17, 15) is 13.2 Å². The number of ether oxygens (including phenoxy) is 1. The van der Waals surface area contributed by atoms with E-state index in [0.29, 0.717) is 23.4 Å². The maximum Gasteiger partial charge on any atom is 0.416 e. The summed E-state index contributed by atoms with van der Waals surface area (Å²) in [5.74, 6) is 1.39. The molecule has 0 aliphatic heterocycles. The van der Waals surface area contributed by atoms with Crippen molar-refractivity contribution < 1.29 is 17.9 Å². The van der Waals surface area contributed by atoms with E-state index in [4.69, 9.17) is 4.74 Å². The Morgan fingerprint density at radius 2 is 1.77 bits per heavy atom. The molecule has 0 bridgehead atoms. The molecule has 168 valence electrons. The minimum atomic E-state index is -4.39. The first kappa shape index (κ1) is 23.1. The highest BCUT2D eigenvalue weighted by molar-refractivity contribution is 5.77. The molecule has 1 heterocycles. The molecule has 7 heteroatoms. The maximum absolute atomic E-state index is 13.2. The van der Waals surface area contributed by atoms with Crippen molar-refractivity contribution in [2.24, 2.45) is 0 Å². The molecule has 3 aromatic rings. The van der Waals surface area contributed by atoms with Crippen molar-refractivity contribution in [2.75, 3.05) is 19.6 Å². The maximum atomic E-state index is 13.2. The number of rotatable bonds is 9. The van der Waals surface area contributed by atoms with Crippen LogP contribution >= 0.6 is 0 Å². The van der Waals surface area contributed by atoms with E-state index in [1.54, 1.807) is 0 Å². The van der Waals surface area contributed by atoms with Crippen LogP contribution in [0.2, 0.25) is 0 Å². The number of aryl methyl sites for hydroxylation is 3. The van der Waals surface area contributed by atoms with E-state index >= 15 is 0 Å². The van der Waals surface area contributed by atoms with Gasteiger partial charge in [-0.2, -0.15) is 13.2 Å². The first-order chi connectivity index (χ1) is 14.7. The molecule has 0 aliphatic rings. The van der Waals surface area contributed by atoms with Crippen LogP contribution in [0.1, 0.15) is 42.8 Å². The van der Waals surface area contributed by atoms with Crippen LogP contribution in [0, 0.1) is 13.8 Å². The quantitative estimate of drug-likeness (QED) is 0.416. The lowest BCUT2D eigenvalue weighted by Crippen LogP contribution is -2.25. The zero-order chi connectivity index (χ0) is 22.6. The number of aromatic nitrogens is 2. The number of hydrogen-bond donors (Lipinski definition) is 0. The molecule has 0 saturated heterocycles. The highest BCUT2D eigenvalue weighted by Gasteiger charge is 2.31. The Morgan fingerprint density at radius 3 is 2.42 bits per heavy atom. The predicted octanol–water partition coefficient (Wildman–Crippen LogP) is 5.98. The van der Waals surface area contributed by atoms with E-state index in [1.165, 1.54) is 6.07 Å². The molecule has 0 N–H and O–H groups in total. The molecule has 0 spiro atoms. The molecule has 0 aliphatic carbocycles. The van der Waals surface area contributed by atoms with Crippen LogP contribution in [0.15, 0.2) is 36.4 Å². The van der Waals surface area contributed by atoms with Gasteiger partial charge in [0.2, 0.25) is 0 Å². The van der Waals surface area contributed by atoms with Crippen LogP contribution in [0.4, 0.5) is 13.2 Å². The summed E-state index contributed by atoms with van der Waals surface area (Å²) in [6.07, 6.45) is -3.51. The van der Waals surface area contributed by atoms with Gasteiger partial charge in [0.25, 0.3) is 0 Å². The van der Waals surface area contributed by atoms with Gasteiger partial charge >= 0.3 is 6.18 Å². The Hall–Kier alpha value is -2.54. The van der Waals surface area contributed by atoms with Crippen molar-refractivity contribution in [3.8, 4) is 5.75 Å². The lowest BCUT2D eigenvalue weighted by atomic mass is 10.1. The van der Waals surface area contributed by atoms with Crippen LogP contribution in [-0.2, 0) is 19.3 Å². The third kappa shape index (κ3) is 5.58. The summed E-state index contributed by atoms with van der Waals surface area (Å²) >= 11 is 0. The number of alkyl halides is 3. The Bertz CT molecular complexity index is 1020. The second-order valence-corrected chi connectivity index (χ2v) is 7.82. The third-order valence-electron chi connectivity index (χ3n) is 5.59. The first-order valence-electron chi connectivity index (χ1n) is 10.7. The van der Waals surface area contributed by atoms with Crippen LogP contribution in [0.3, 0.4) is 0 Å². The second-order valence-electron chi connectivity index (χ2n) is 7.82. The normalized spacial score (nSPS) is 12.1. The standard InChI is InChI=1S/C24H30F3N3O/c1-5-29(6-2)12-7-13-30-21-10-9-19(24(25,26)27)15-20(21)28-23(30)16-31-22-11-8-17(3)14-18(22)4/h8-11,14-15H,5-7,12-13,16H2,1-4H3. The number of halogens is 3. The molecule has 4 nitrogen and oxygen atoms in total. The molecule has 2 aromatic carbocycles. The summed E-state index contributed by atoms with van der Waals surface area (Å²) < 4.78 is 47.5. The lowest BCUT2D eigenvalue weighted by molar-refractivity contribution is -0.137. The Balaban J connectivity index is 1.88. The van der Waals surface area contributed by atoms with Crippen molar-refractivity contribution in [1.29, 1.82) is 0 Å². The number of benzene rings is 2. The highest BCUT2D eigenvalue weighted by atomic mass is 19.4. The molecule has 1 aromatic heterocycles. The minimum Gasteiger partial charge on any atom is -0.485 e. The largest absolute Gasteiger partial charge is 0.485 e. The summed E-state index contributed by atoms with van der Waals surface area (Å²) in [5.41, 5.74) is 2.52. The van der Waals surface area contributed by atoms with Crippen molar-refractivity contribution in [2.45, 2.75) is 53.4 Å². The third-order valence-corrected chi connectivity index (χ3v) is 5.59. The number of nitrogens with zero attached hydrogens (tertiary/aromatic N) is 3. The predicted molar refractivity (Wildman–Crippen MR) is 117 cm³/mol. The van der Waals surface area contributed by atoms with Gasteiger partial charge < -0.3 is 14.2 Å². The van der Waals surface area contributed by atoms with E-state index in [-0.39, 0.29) is 6.61 Å². The summed E-state index contributed by atoms with van der Waals surface area (Å²) in [5, 5.41) is 0. The topological polar surface area (TPSA) is 30.3 Å². The summed E-state index contributed by atoms with van der Waals surface area (Å²) in [6, 6.07) is 9.70. The Kier molecular flexibility index (Phi) is 7.26. The van der Waals surface area contributed by atoms with Gasteiger partial charge in [-0.25, -0.2) is 4.98 Å². The summed E-state index contributed by atoms with van der Waals surface area (Å²) in [4.78, 5) is 6.84. The monoisotopic (exact) mass is 433 g/mol. The number of imidazole rings is 1. The molecule has 0 fully saturated rings. The van der Waals surface area contributed by atoms with Gasteiger partial charge in [0, 0.05) is 6.54 Å². The van der Waals surface area contributed by atoms with E-state index in [0.717, 1.165) is 55.1 Å². The van der Waals surface area contributed by atoms with Gasteiger partial charge in [0.15, 0.2) is 0 Å². The average molecular weight is 434 g/mol. The molecule has 3 rings (SSSR count). The number of hydrogen-bond acceptors (Lipinski definition) is 3. The van der Waals surface area contributed by atoms with Crippen molar-refractivity contribution in [3.63, 3.8) is 0 Å². The van der Waals surface area contributed by atoms with Crippen molar-refractivity contribution >= 4 is 11.0 Å². The second kappa shape index (κ2) is 9.73. The average Bonchev–Trinajstić information content (AvgIpc) is 3.06. The minimum absolute atomic E-state index is 0.200. The SMILES string of the molecule is CCN(CC)CCCn1c(COc2ccc(C)cc2C)nc2cc(C(F)(F)F)ccc21. The molecule has 0 atom stereocenters. The van der Waals surface area contributed by atoms with Gasteiger partial charge in [0.05, 0.1) is 16.6 Å². The molecule has 31 heavy (non-hydrogen) atoms. The van der Waals surface area contributed by atoms with Crippen LogP contribution in [0.25, 0.3) is 11.0 Å². The van der Waals surface area contributed by atoms with E-state index < -0.39 is 11.7 Å². The van der Waals surface area contributed by atoms with Crippen molar-refractivity contribution in [1.82, 2.24) is 14.5 Å². The fraction of sp³-hybridized carbons (Fsp3) is 0.458. The fourth-order valence-electron chi connectivity index (χ4n) is 3.81. The summed E-state index contributed by atoms with van der Waals surface area (Å²) in [7, 11) is 0. The van der Waals surface area contributed by atoms with Gasteiger partial charge in [-0.05, 0) is 69.7 Å². The van der Waals surface area contributed by atoms with Crippen LogP contribution in [0.5, 0.6) is 5.75 Å². The van der Waals surface area contributed by atoms with Gasteiger partial charge in [-0.1, -0.05) is 31.5 Å². The van der Waals surface area contributed by atoms with Gasteiger partial charge in [-0.15, -0.1) is 0 Å². The molecule has 0 unspecified atom stereocenters. The highest BCUT2D eigenvalue weighted by Crippen LogP contribution is 2.32. The smallest absolute Gasteiger partial charge is 0.416 e. The molecule has 0 amide bonds. The van der Waals surface area contributed by atoms with E-state index in [2.05, 4.69) is 23.7 Å². The molecule has 0 saturated carbocycles. The first-order valence-corrected chi connectivity index (χ1v) is 10.7. The Morgan fingerprint density at radius 1 is 1.03 bits per heavy atom. The van der Waals surface area contributed by atoms with Gasteiger partial charge in [-0.3, -0.25) is 0 Å². The number of fused-ring (bicyclic) bond motifs is 1. The lowest BCUT2D eigenvalue weighted by Gasteiger charge is -2.18. The Labute approximate surface area is 181 Å². The van der Waals surface area contributed by atoms with Gasteiger partial charge in [0.1, 0.15) is 18.2 Å². The van der Waals surface area contributed by atoms with Crippen LogP contribution < -0.4 is 4.74 Å². The zero-order valence-corrected chi connectivity index (χ0v) is 18.6. The fourth-order valence-corrected chi connectivity index (χ4v) is 3.81.